The average molecular weight is 195 g/mol. The summed E-state index contributed by atoms with van der Waals surface area (Å²) in [5.41, 5.74) is 0. The van der Waals surface area contributed by atoms with E-state index in [2.05, 4.69) is 0 Å². The molecule has 3 nitrogen and oxygen atoms in total. The number of rotatable bonds is 5. The lowest BCUT2D eigenvalue weighted by atomic mass is 10.2. The van der Waals surface area contributed by atoms with Crippen LogP contribution in [0.15, 0.2) is 0 Å². The van der Waals surface area contributed by atoms with Crippen molar-refractivity contribution in [2.75, 3.05) is 12.5 Å². The van der Waals surface area contributed by atoms with E-state index in [0.29, 0.717) is 12.5 Å². The molecule has 1 N–H and O–H groups in total. The molecule has 0 fully saturated rings. The summed E-state index contributed by atoms with van der Waals surface area (Å²) in [4.78, 5) is 10.9. The van der Waals surface area contributed by atoms with Crippen LogP contribution < -0.4 is 0 Å². The van der Waals surface area contributed by atoms with Gasteiger partial charge in [-0.25, -0.2) is 0 Å². The highest BCUT2D eigenvalue weighted by atomic mass is 35.5. The van der Waals surface area contributed by atoms with E-state index in [1.807, 2.05) is 13.8 Å². The molecule has 0 spiro atoms. The van der Waals surface area contributed by atoms with Crippen LogP contribution in [0.5, 0.6) is 0 Å². The van der Waals surface area contributed by atoms with Crippen molar-refractivity contribution in [1.82, 2.24) is 0 Å². The largest absolute Gasteiger partial charge is 0.465 e. The van der Waals surface area contributed by atoms with Crippen LogP contribution in [0.1, 0.15) is 20.3 Å². The van der Waals surface area contributed by atoms with E-state index in [1.54, 1.807) is 0 Å². The van der Waals surface area contributed by atoms with Gasteiger partial charge in [-0.1, -0.05) is 13.8 Å². The van der Waals surface area contributed by atoms with Gasteiger partial charge in [-0.05, 0) is 5.92 Å². The van der Waals surface area contributed by atoms with Crippen molar-refractivity contribution < 1.29 is 14.6 Å². The molecule has 0 saturated carbocycles. The Kier molecular flexibility index (Phi) is 6.11. The second-order valence-electron chi connectivity index (χ2n) is 3.09. The lowest BCUT2D eigenvalue weighted by Gasteiger charge is -2.08. The summed E-state index contributed by atoms with van der Waals surface area (Å²) in [7, 11) is 0. The monoisotopic (exact) mass is 194 g/mol. The van der Waals surface area contributed by atoms with Gasteiger partial charge in [-0.3, -0.25) is 4.79 Å². The maximum Gasteiger partial charge on any atom is 0.308 e. The Labute approximate surface area is 77.7 Å². The van der Waals surface area contributed by atoms with Gasteiger partial charge in [0.05, 0.1) is 19.1 Å². The molecule has 1 atom stereocenters. The van der Waals surface area contributed by atoms with Crippen molar-refractivity contribution >= 4 is 17.6 Å². The SMILES string of the molecule is CC(C)COC(=O)C[C@@H](O)CCl. The van der Waals surface area contributed by atoms with Crippen molar-refractivity contribution in [1.29, 1.82) is 0 Å². The third-order valence-corrected chi connectivity index (χ3v) is 1.51. The molecule has 4 heteroatoms. The van der Waals surface area contributed by atoms with E-state index >= 15 is 0 Å². The number of carbonyl (C=O) groups is 1. The van der Waals surface area contributed by atoms with E-state index in [9.17, 15) is 4.79 Å². The van der Waals surface area contributed by atoms with Gasteiger partial charge in [0.25, 0.3) is 0 Å². The van der Waals surface area contributed by atoms with Crippen LogP contribution in [0.25, 0.3) is 0 Å². The topological polar surface area (TPSA) is 46.5 Å². The van der Waals surface area contributed by atoms with Crippen molar-refractivity contribution in [3.63, 3.8) is 0 Å². The van der Waals surface area contributed by atoms with Gasteiger partial charge < -0.3 is 9.84 Å². The molecule has 0 aromatic carbocycles. The summed E-state index contributed by atoms with van der Waals surface area (Å²) >= 11 is 5.30. The minimum atomic E-state index is -0.786. The number of alkyl halides is 1. The smallest absolute Gasteiger partial charge is 0.308 e. The Hall–Kier alpha value is -0.280. The van der Waals surface area contributed by atoms with Gasteiger partial charge in [0.2, 0.25) is 0 Å². The van der Waals surface area contributed by atoms with Crippen molar-refractivity contribution in [2.24, 2.45) is 5.92 Å². The number of esters is 1. The van der Waals surface area contributed by atoms with E-state index in [0.717, 1.165) is 0 Å². The first-order chi connectivity index (χ1) is 5.56. The predicted molar refractivity (Wildman–Crippen MR) is 47.1 cm³/mol. The average Bonchev–Trinajstić information content (AvgIpc) is 2.00. The number of carbonyl (C=O) groups excluding carboxylic acids is 1. The number of aliphatic hydroxyl groups excluding tert-OH is 1. The molecule has 0 amide bonds. The highest BCUT2D eigenvalue weighted by molar-refractivity contribution is 6.18. The molecule has 0 saturated heterocycles. The minimum absolute atomic E-state index is 0.0176. The molecule has 0 radical (unpaired) electrons. The van der Waals surface area contributed by atoms with Crippen LogP contribution in [0.3, 0.4) is 0 Å². The highest BCUT2D eigenvalue weighted by Gasteiger charge is 2.10. The van der Waals surface area contributed by atoms with E-state index in [-0.39, 0.29) is 12.3 Å². The quantitative estimate of drug-likeness (QED) is 0.528. The second-order valence-corrected chi connectivity index (χ2v) is 3.40. The van der Waals surface area contributed by atoms with Crippen LogP contribution in [0.4, 0.5) is 0 Å². The molecule has 0 aliphatic carbocycles. The Morgan fingerprint density at radius 2 is 2.17 bits per heavy atom. The molecular formula is C8H15ClO3. The molecule has 0 rings (SSSR count). The Morgan fingerprint density at radius 3 is 2.58 bits per heavy atom. The number of hydrogen-bond donors (Lipinski definition) is 1. The maximum absolute atomic E-state index is 10.9. The third-order valence-electron chi connectivity index (χ3n) is 1.16. The summed E-state index contributed by atoms with van der Waals surface area (Å²) in [6.45, 7) is 4.30. The zero-order valence-electron chi connectivity index (χ0n) is 7.42. The molecule has 0 bridgehead atoms. The van der Waals surface area contributed by atoms with Crippen LogP contribution in [0, 0.1) is 5.92 Å². The predicted octanol–water partition coefficient (Wildman–Crippen LogP) is 1.18. The third kappa shape index (κ3) is 6.43. The number of hydrogen-bond acceptors (Lipinski definition) is 3. The van der Waals surface area contributed by atoms with Gasteiger partial charge >= 0.3 is 5.97 Å². The molecule has 0 unspecified atom stereocenters. The van der Waals surface area contributed by atoms with Gasteiger partial charge in [0.15, 0.2) is 0 Å². The van der Waals surface area contributed by atoms with E-state index in [1.165, 1.54) is 0 Å². The standard InChI is InChI=1S/C8H15ClO3/c1-6(2)5-12-8(11)3-7(10)4-9/h6-7,10H,3-5H2,1-2H3/t7-/m1/s1. The fourth-order valence-electron chi connectivity index (χ4n) is 0.565. The summed E-state index contributed by atoms with van der Waals surface area (Å²) in [6.07, 6.45) is -0.803. The number of ether oxygens (including phenoxy) is 1. The van der Waals surface area contributed by atoms with Crippen LogP contribution in [-0.4, -0.2) is 29.7 Å². The Bertz CT molecular complexity index is 136. The van der Waals surface area contributed by atoms with Crippen molar-refractivity contribution in [3.05, 3.63) is 0 Å². The zero-order valence-corrected chi connectivity index (χ0v) is 8.17. The number of halogens is 1. The maximum atomic E-state index is 10.9. The number of aliphatic hydroxyl groups is 1. The minimum Gasteiger partial charge on any atom is -0.465 e. The Morgan fingerprint density at radius 1 is 1.58 bits per heavy atom. The molecule has 72 valence electrons. The van der Waals surface area contributed by atoms with E-state index in [4.69, 9.17) is 21.4 Å². The van der Waals surface area contributed by atoms with Gasteiger partial charge in [0.1, 0.15) is 0 Å². The molecule has 0 aliphatic rings. The highest BCUT2D eigenvalue weighted by Crippen LogP contribution is 1.99. The second kappa shape index (κ2) is 6.26. The van der Waals surface area contributed by atoms with Crippen molar-refractivity contribution in [2.45, 2.75) is 26.4 Å². The van der Waals surface area contributed by atoms with Crippen molar-refractivity contribution in [3.8, 4) is 0 Å². The summed E-state index contributed by atoms with van der Waals surface area (Å²) < 4.78 is 4.82. The summed E-state index contributed by atoms with van der Waals surface area (Å²) in [5, 5.41) is 8.96. The Balaban J connectivity index is 3.46. The zero-order chi connectivity index (χ0) is 9.56. The van der Waals surface area contributed by atoms with Gasteiger partial charge in [-0.15, -0.1) is 11.6 Å². The van der Waals surface area contributed by atoms with Crippen LogP contribution in [-0.2, 0) is 9.53 Å². The fraction of sp³-hybridized carbons (Fsp3) is 0.875. The van der Waals surface area contributed by atoms with Gasteiger partial charge in [-0.2, -0.15) is 0 Å². The molecule has 0 aliphatic heterocycles. The molecule has 12 heavy (non-hydrogen) atoms. The lowest BCUT2D eigenvalue weighted by molar-refractivity contribution is -0.146. The first-order valence-corrected chi connectivity index (χ1v) is 4.49. The summed E-state index contributed by atoms with van der Waals surface area (Å²) in [5.74, 6) is -0.00417. The fourth-order valence-corrected chi connectivity index (χ4v) is 0.675. The molecule has 0 heterocycles. The molecule has 0 aromatic rings. The summed E-state index contributed by atoms with van der Waals surface area (Å²) in [6, 6.07) is 0. The van der Waals surface area contributed by atoms with Crippen LogP contribution in [0.2, 0.25) is 0 Å². The first kappa shape index (κ1) is 11.7. The van der Waals surface area contributed by atoms with E-state index < -0.39 is 12.1 Å². The normalized spacial score (nSPS) is 13.1. The lowest BCUT2D eigenvalue weighted by Crippen LogP contribution is -2.18. The van der Waals surface area contributed by atoms with Gasteiger partial charge in [0, 0.05) is 5.88 Å². The molecule has 0 aromatic heterocycles. The van der Waals surface area contributed by atoms with Crippen LogP contribution >= 0.6 is 11.6 Å². The molecular weight excluding hydrogens is 180 g/mol. The first-order valence-electron chi connectivity index (χ1n) is 3.96.